The van der Waals surface area contributed by atoms with Gasteiger partial charge in [0, 0.05) is 26.2 Å². The fourth-order valence-electron chi connectivity index (χ4n) is 2.36. The average molecular weight is 278 g/mol. The lowest BCUT2D eigenvalue weighted by molar-refractivity contribution is 0.118. The maximum Gasteiger partial charge on any atom is 0.0589 e. The number of likely N-dealkylation sites (N-methyl/N-ethyl adjacent to an activating group) is 1. The van der Waals surface area contributed by atoms with Crippen LogP contribution in [0.25, 0.3) is 0 Å². The minimum Gasteiger partial charge on any atom is -0.383 e. The van der Waals surface area contributed by atoms with Gasteiger partial charge in [0.25, 0.3) is 0 Å². The van der Waals surface area contributed by atoms with Crippen LogP contribution in [0.4, 0.5) is 0 Å². The third-order valence-corrected chi connectivity index (χ3v) is 3.93. The Morgan fingerprint density at radius 3 is 2.55 bits per heavy atom. The van der Waals surface area contributed by atoms with E-state index in [1.807, 2.05) is 7.05 Å². The van der Waals surface area contributed by atoms with Gasteiger partial charge >= 0.3 is 0 Å². The molecule has 1 unspecified atom stereocenters. The van der Waals surface area contributed by atoms with Crippen molar-refractivity contribution in [2.45, 2.75) is 39.3 Å². The Hall–Kier alpha value is -0.900. The van der Waals surface area contributed by atoms with E-state index >= 15 is 0 Å². The number of ether oxygens (including phenoxy) is 1. The van der Waals surface area contributed by atoms with Crippen LogP contribution in [0.5, 0.6) is 0 Å². The molecule has 0 amide bonds. The number of nitrogens with one attached hydrogen (secondary N) is 1. The first-order valence-corrected chi connectivity index (χ1v) is 7.67. The van der Waals surface area contributed by atoms with Gasteiger partial charge in [-0.25, -0.2) is 0 Å². The number of hydrogen-bond donors (Lipinski definition) is 1. The van der Waals surface area contributed by atoms with Gasteiger partial charge in [-0.3, -0.25) is 4.90 Å². The average Bonchev–Trinajstić information content (AvgIpc) is 2.49. The monoisotopic (exact) mass is 278 g/mol. The number of benzene rings is 1. The van der Waals surface area contributed by atoms with Crippen LogP contribution >= 0.6 is 0 Å². The van der Waals surface area contributed by atoms with Gasteiger partial charge in [0.05, 0.1) is 6.61 Å². The van der Waals surface area contributed by atoms with Gasteiger partial charge in [-0.1, -0.05) is 31.2 Å². The van der Waals surface area contributed by atoms with Gasteiger partial charge < -0.3 is 10.1 Å². The summed E-state index contributed by atoms with van der Waals surface area (Å²) in [7, 11) is 3.78. The van der Waals surface area contributed by atoms with Crippen LogP contribution in [0, 0.1) is 0 Å². The fraction of sp³-hybridized carbons (Fsp3) is 0.647. The van der Waals surface area contributed by atoms with Crippen LogP contribution in [0.2, 0.25) is 0 Å². The maximum absolute atomic E-state index is 5.25. The molecule has 0 aromatic heterocycles. The van der Waals surface area contributed by atoms with Gasteiger partial charge in [0.15, 0.2) is 0 Å². The molecule has 1 N–H and O–H groups in total. The predicted octanol–water partition coefficient (Wildman–Crippen LogP) is 2.70. The van der Waals surface area contributed by atoms with Gasteiger partial charge in [-0.05, 0) is 44.5 Å². The zero-order chi connectivity index (χ0) is 14.8. The Balaban J connectivity index is 2.75. The quantitative estimate of drug-likeness (QED) is 0.712. The Morgan fingerprint density at radius 2 is 1.95 bits per heavy atom. The maximum atomic E-state index is 5.25. The smallest absolute Gasteiger partial charge is 0.0589 e. The predicted molar refractivity (Wildman–Crippen MR) is 86.1 cm³/mol. The van der Waals surface area contributed by atoms with Crippen LogP contribution in [0.3, 0.4) is 0 Å². The molecule has 1 aromatic carbocycles. The van der Waals surface area contributed by atoms with Crippen molar-refractivity contribution in [3.63, 3.8) is 0 Å². The molecule has 1 rings (SSSR count). The highest BCUT2D eigenvalue weighted by Gasteiger charge is 2.14. The van der Waals surface area contributed by atoms with E-state index in [9.17, 15) is 0 Å². The van der Waals surface area contributed by atoms with Crippen molar-refractivity contribution >= 4 is 0 Å². The summed E-state index contributed by atoms with van der Waals surface area (Å²) in [5.41, 5.74) is 2.90. The molecule has 0 fully saturated rings. The molecule has 1 aromatic rings. The van der Waals surface area contributed by atoms with Crippen LogP contribution in [-0.2, 0) is 17.7 Å². The Labute approximate surface area is 124 Å². The number of methoxy groups -OCH3 is 1. The first-order valence-electron chi connectivity index (χ1n) is 7.67. The van der Waals surface area contributed by atoms with Crippen molar-refractivity contribution < 1.29 is 4.74 Å². The van der Waals surface area contributed by atoms with Gasteiger partial charge in [-0.15, -0.1) is 0 Å². The lowest BCUT2D eigenvalue weighted by atomic mass is 10.0. The summed E-state index contributed by atoms with van der Waals surface area (Å²) in [6, 6.07) is 9.37. The van der Waals surface area contributed by atoms with E-state index in [2.05, 4.69) is 48.3 Å². The third kappa shape index (κ3) is 5.61. The number of rotatable bonds is 10. The van der Waals surface area contributed by atoms with Gasteiger partial charge in [0.1, 0.15) is 0 Å². The largest absolute Gasteiger partial charge is 0.383 e. The summed E-state index contributed by atoms with van der Waals surface area (Å²) < 4.78 is 5.25. The fourth-order valence-corrected chi connectivity index (χ4v) is 2.36. The second-order valence-corrected chi connectivity index (χ2v) is 5.34. The molecular formula is C17H30N2O. The van der Waals surface area contributed by atoms with E-state index in [0.29, 0.717) is 6.04 Å². The topological polar surface area (TPSA) is 24.5 Å². The number of nitrogens with zero attached hydrogens (tertiary/aromatic N) is 1. The molecule has 0 aliphatic carbocycles. The van der Waals surface area contributed by atoms with Crippen molar-refractivity contribution in [3.8, 4) is 0 Å². The van der Waals surface area contributed by atoms with Crippen molar-refractivity contribution in [2.75, 3.05) is 33.9 Å². The molecule has 20 heavy (non-hydrogen) atoms. The number of hydrogen-bond acceptors (Lipinski definition) is 3. The molecule has 0 radical (unpaired) electrons. The van der Waals surface area contributed by atoms with E-state index < -0.39 is 0 Å². The van der Waals surface area contributed by atoms with Gasteiger partial charge in [-0.2, -0.15) is 0 Å². The van der Waals surface area contributed by atoms with Gasteiger partial charge in [0.2, 0.25) is 0 Å². The highest BCUT2D eigenvalue weighted by Crippen LogP contribution is 2.15. The van der Waals surface area contributed by atoms with Crippen molar-refractivity contribution in [2.24, 2.45) is 0 Å². The lowest BCUT2D eigenvalue weighted by Gasteiger charge is -2.29. The Bertz CT molecular complexity index is 368. The first kappa shape index (κ1) is 17.2. The van der Waals surface area contributed by atoms with E-state index in [-0.39, 0.29) is 0 Å². The summed E-state index contributed by atoms with van der Waals surface area (Å²) in [5.74, 6) is 0. The molecule has 0 heterocycles. The highest BCUT2D eigenvalue weighted by atomic mass is 16.5. The molecule has 0 bridgehead atoms. The normalized spacial score (nSPS) is 12.8. The van der Waals surface area contributed by atoms with Crippen LogP contribution in [0.15, 0.2) is 24.3 Å². The van der Waals surface area contributed by atoms with Crippen molar-refractivity contribution in [3.05, 3.63) is 35.4 Å². The Morgan fingerprint density at radius 1 is 1.25 bits per heavy atom. The summed E-state index contributed by atoms with van der Waals surface area (Å²) in [5, 5.41) is 3.23. The van der Waals surface area contributed by atoms with E-state index in [4.69, 9.17) is 4.74 Å². The van der Waals surface area contributed by atoms with Crippen LogP contribution in [-0.4, -0.2) is 44.8 Å². The summed E-state index contributed by atoms with van der Waals surface area (Å²) in [6.45, 7) is 8.37. The molecule has 0 aliphatic rings. The minimum absolute atomic E-state index is 0.586. The van der Waals surface area contributed by atoms with Crippen molar-refractivity contribution in [1.82, 2.24) is 10.2 Å². The van der Waals surface area contributed by atoms with E-state index in [1.54, 1.807) is 7.11 Å². The third-order valence-electron chi connectivity index (χ3n) is 3.93. The first-order chi connectivity index (χ1) is 9.72. The standard InChI is InChI=1S/C17H30N2O/c1-5-15(2)19(12-13-20-4)14-17-9-7-6-8-16(17)10-11-18-3/h6-9,15,18H,5,10-14H2,1-4H3. The lowest BCUT2D eigenvalue weighted by Crippen LogP contribution is -2.35. The molecule has 3 heteroatoms. The molecule has 1 atom stereocenters. The molecular weight excluding hydrogens is 248 g/mol. The molecule has 0 spiro atoms. The molecule has 0 aliphatic heterocycles. The Kier molecular flexibility index (Phi) is 8.51. The second-order valence-electron chi connectivity index (χ2n) is 5.34. The van der Waals surface area contributed by atoms with Crippen molar-refractivity contribution in [1.29, 1.82) is 0 Å². The molecule has 3 nitrogen and oxygen atoms in total. The molecule has 0 saturated carbocycles. The van der Waals surface area contributed by atoms with Crippen LogP contribution in [0.1, 0.15) is 31.4 Å². The minimum atomic E-state index is 0.586. The zero-order valence-corrected chi connectivity index (χ0v) is 13.5. The summed E-state index contributed by atoms with van der Waals surface area (Å²) >= 11 is 0. The molecule has 114 valence electrons. The molecule has 0 saturated heterocycles. The zero-order valence-electron chi connectivity index (χ0n) is 13.5. The highest BCUT2D eigenvalue weighted by molar-refractivity contribution is 5.27. The summed E-state index contributed by atoms with van der Waals surface area (Å²) in [6.07, 6.45) is 2.26. The van der Waals surface area contributed by atoms with Crippen LogP contribution < -0.4 is 5.32 Å². The van der Waals surface area contributed by atoms with E-state index in [0.717, 1.165) is 32.7 Å². The summed E-state index contributed by atoms with van der Waals surface area (Å²) in [4.78, 5) is 2.52. The SMILES string of the molecule is CCC(C)N(CCOC)Cc1ccccc1CCNC. The second kappa shape index (κ2) is 9.92. The van der Waals surface area contributed by atoms with E-state index in [1.165, 1.54) is 17.5 Å².